The van der Waals surface area contributed by atoms with Gasteiger partial charge in [-0.05, 0) is 63.1 Å². The van der Waals surface area contributed by atoms with Gasteiger partial charge in [0.2, 0.25) is 0 Å². The summed E-state index contributed by atoms with van der Waals surface area (Å²) in [7, 11) is 0.667. The summed E-state index contributed by atoms with van der Waals surface area (Å²) in [5, 5.41) is 9.25. The monoisotopic (exact) mass is 338 g/mol. The van der Waals surface area contributed by atoms with Crippen molar-refractivity contribution in [1.29, 1.82) is 0 Å². The van der Waals surface area contributed by atoms with E-state index in [1.165, 1.54) is 37.6 Å². The van der Waals surface area contributed by atoms with Crippen molar-refractivity contribution in [1.82, 2.24) is 0 Å². The van der Waals surface area contributed by atoms with Gasteiger partial charge in [-0.25, -0.2) is 0 Å². The van der Waals surface area contributed by atoms with E-state index in [4.69, 9.17) is 0 Å². The molecular weight excluding hydrogens is 327 g/mol. The van der Waals surface area contributed by atoms with E-state index in [-0.39, 0.29) is 0 Å². The van der Waals surface area contributed by atoms with Gasteiger partial charge in [0.1, 0.15) is 0 Å². The summed E-state index contributed by atoms with van der Waals surface area (Å²) in [6.07, 6.45) is 0. The van der Waals surface area contributed by atoms with E-state index in [1.807, 2.05) is 0 Å². The fourth-order valence-electron chi connectivity index (χ4n) is 2.81. The maximum absolute atomic E-state index is 3.55. The Morgan fingerprint density at radius 1 is 0.600 bits per heavy atom. The van der Waals surface area contributed by atoms with Crippen molar-refractivity contribution >= 4 is 60.4 Å². The molecule has 0 nitrogen and oxygen atoms in total. The maximum atomic E-state index is 3.55. The predicted molar refractivity (Wildman–Crippen MR) is 95.8 cm³/mol. The van der Waals surface area contributed by atoms with Crippen LogP contribution in [0, 0.1) is 0 Å². The molecule has 96 valence electrons. The van der Waals surface area contributed by atoms with Crippen molar-refractivity contribution in [3.63, 3.8) is 0 Å². The van der Waals surface area contributed by atoms with Crippen LogP contribution in [-0.2, 0) is 0 Å². The highest BCUT2D eigenvalue weighted by molar-refractivity contribution is 9.37. The smallest absolute Gasteiger partial charge is 0.00990 e. The van der Waals surface area contributed by atoms with Gasteiger partial charge in [0.05, 0.1) is 0 Å². The lowest BCUT2D eigenvalue weighted by Gasteiger charge is -2.07. The second-order valence-corrected chi connectivity index (χ2v) is 6.97. The van der Waals surface area contributed by atoms with Crippen LogP contribution in [0.3, 0.4) is 0 Å². The summed E-state index contributed by atoms with van der Waals surface area (Å²) in [4.78, 5) is 0. The molecule has 0 N–H and O–H groups in total. The third-order valence-corrected chi connectivity index (χ3v) is 5.71. The van der Waals surface area contributed by atoms with Gasteiger partial charge in [0.25, 0.3) is 0 Å². The average molecular weight is 339 g/mol. The summed E-state index contributed by atoms with van der Waals surface area (Å²) in [6, 6.07) is 24.3. The van der Waals surface area contributed by atoms with Gasteiger partial charge in [-0.1, -0.05) is 64.0 Å². The summed E-state index contributed by atoms with van der Waals surface area (Å²) in [5.41, 5.74) is 0. The molecule has 1 atom stereocenters. The summed E-state index contributed by atoms with van der Waals surface area (Å²) < 4.78 is 0. The Balaban J connectivity index is 2.14. The first kappa shape index (κ1) is 12.3. The van der Waals surface area contributed by atoms with Crippen molar-refractivity contribution < 1.29 is 0 Å². The molecule has 2 heteroatoms. The van der Waals surface area contributed by atoms with Gasteiger partial charge in [0.15, 0.2) is 0 Å². The van der Waals surface area contributed by atoms with E-state index in [0.717, 1.165) is 0 Å². The average Bonchev–Trinajstić information content (AvgIpc) is 2.52. The van der Waals surface area contributed by atoms with Crippen molar-refractivity contribution in [3.8, 4) is 0 Å². The highest BCUT2D eigenvalue weighted by Crippen LogP contribution is 2.30. The van der Waals surface area contributed by atoms with Crippen LogP contribution in [0.15, 0.2) is 66.7 Å². The largest absolute Gasteiger partial charge is 0.0616 e. The predicted octanol–water partition coefficient (Wildman–Crippen LogP) is 5.76. The first-order valence-electron chi connectivity index (χ1n) is 6.57. The summed E-state index contributed by atoms with van der Waals surface area (Å²) >= 11 is 3.55. The standard InChI is InChI=1S/C18H12BrP/c19-20-16-8-7-13-11-18-14(9-15(13)10-16)6-5-12-3-1-2-4-17(12)18/h1-11,20H. The zero-order valence-corrected chi connectivity index (χ0v) is 13.3. The van der Waals surface area contributed by atoms with Gasteiger partial charge in [-0.3, -0.25) is 0 Å². The van der Waals surface area contributed by atoms with E-state index in [2.05, 4.69) is 82.2 Å². The molecule has 0 amide bonds. The Hall–Kier alpha value is -1.43. The topological polar surface area (TPSA) is 0 Å². The highest BCUT2D eigenvalue weighted by Gasteiger charge is 2.03. The van der Waals surface area contributed by atoms with Crippen LogP contribution in [0.1, 0.15) is 0 Å². The van der Waals surface area contributed by atoms with Crippen LogP contribution < -0.4 is 5.30 Å². The molecule has 0 bridgehead atoms. The Morgan fingerprint density at radius 2 is 1.40 bits per heavy atom. The van der Waals surface area contributed by atoms with Crippen LogP contribution in [0.2, 0.25) is 0 Å². The van der Waals surface area contributed by atoms with Crippen LogP contribution >= 0.6 is 22.8 Å². The van der Waals surface area contributed by atoms with E-state index < -0.39 is 0 Å². The van der Waals surface area contributed by atoms with Crippen LogP contribution in [-0.4, -0.2) is 0 Å². The minimum atomic E-state index is 0.667. The van der Waals surface area contributed by atoms with Gasteiger partial charge in [-0.15, -0.1) is 0 Å². The molecule has 4 rings (SSSR count). The molecule has 0 heterocycles. The van der Waals surface area contributed by atoms with E-state index in [1.54, 1.807) is 0 Å². The molecule has 4 aromatic rings. The van der Waals surface area contributed by atoms with E-state index in [0.29, 0.717) is 7.28 Å². The lowest BCUT2D eigenvalue weighted by molar-refractivity contribution is 1.79. The number of benzene rings is 4. The fourth-order valence-corrected chi connectivity index (χ4v) is 3.91. The third kappa shape index (κ3) is 1.93. The van der Waals surface area contributed by atoms with Crippen molar-refractivity contribution in [2.75, 3.05) is 0 Å². The first-order valence-corrected chi connectivity index (χ1v) is 9.83. The molecule has 20 heavy (non-hydrogen) atoms. The molecule has 0 spiro atoms. The lowest BCUT2D eigenvalue weighted by atomic mass is 9.98. The van der Waals surface area contributed by atoms with Crippen LogP contribution in [0.25, 0.3) is 32.3 Å². The molecule has 0 aliphatic carbocycles. The quantitative estimate of drug-likeness (QED) is 0.235. The molecule has 0 aliphatic rings. The van der Waals surface area contributed by atoms with Gasteiger partial charge in [-0.2, -0.15) is 0 Å². The highest BCUT2D eigenvalue weighted by atomic mass is 79.9. The molecule has 4 aromatic carbocycles. The molecule has 1 unspecified atom stereocenters. The fraction of sp³-hybridized carbons (Fsp3) is 0. The van der Waals surface area contributed by atoms with Crippen LogP contribution in [0.5, 0.6) is 0 Å². The zero-order chi connectivity index (χ0) is 13.5. The summed E-state index contributed by atoms with van der Waals surface area (Å²) in [6.45, 7) is 0. The van der Waals surface area contributed by atoms with Crippen LogP contribution in [0.4, 0.5) is 0 Å². The van der Waals surface area contributed by atoms with Crippen molar-refractivity contribution in [3.05, 3.63) is 66.7 Å². The normalized spacial score (nSPS) is 12.1. The first-order chi connectivity index (χ1) is 9.85. The van der Waals surface area contributed by atoms with Crippen molar-refractivity contribution in [2.45, 2.75) is 0 Å². The molecular formula is C18H12BrP. The number of rotatable bonds is 1. The number of hydrogen-bond acceptors (Lipinski definition) is 0. The summed E-state index contributed by atoms with van der Waals surface area (Å²) in [5.74, 6) is 0. The third-order valence-electron chi connectivity index (χ3n) is 3.81. The Bertz CT molecular complexity index is 944. The van der Waals surface area contributed by atoms with Gasteiger partial charge < -0.3 is 0 Å². The minimum Gasteiger partial charge on any atom is -0.0616 e. The molecule has 0 saturated heterocycles. The second kappa shape index (κ2) is 4.84. The van der Waals surface area contributed by atoms with Gasteiger partial charge in [0, 0.05) is 0 Å². The molecule has 0 radical (unpaired) electrons. The molecule has 0 aliphatic heterocycles. The zero-order valence-electron chi connectivity index (χ0n) is 10.7. The molecule has 0 saturated carbocycles. The minimum absolute atomic E-state index is 0.667. The number of halogens is 1. The SMILES string of the molecule is BrPc1ccc2cc3c(ccc4ccccc43)cc2c1. The number of hydrogen-bond donors (Lipinski definition) is 0. The Kier molecular flexibility index (Phi) is 2.98. The Morgan fingerprint density at radius 3 is 2.30 bits per heavy atom. The lowest BCUT2D eigenvalue weighted by Crippen LogP contribution is -1.90. The number of fused-ring (bicyclic) bond motifs is 4. The van der Waals surface area contributed by atoms with E-state index in [9.17, 15) is 0 Å². The Labute approximate surface area is 127 Å². The second-order valence-electron chi connectivity index (χ2n) is 5.02. The van der Waals surface area contributed by atoms with Crippen molar-refractivity contribution in [2.24, 2.45) is 0 Å². The van der Waals surface area contributed by atoms with E-state index >= 15 is 0 Å². The maximum Gasteiger partial charge on any atom is -0.00990 e. The van der Waals surface area contributed by atoms with Gasteiger partial charge >= 0.3 is 0 Å². The molecule has 0 fully saturated rings. The molecule has 0 aromatic heterocycles.